The van der Waals surface area contributed by atoms with Gasteiger partial charge in [0.1, 0.15) is 0 Å². The smallest absolute Gasteiger partial charge is 0.277 e. The van der Waals surface area contributed by atoms with Crippen LogP contribution in [0.2, 0.25) is 0 Å². The molecule has 0 aliphatic heterocycles. The van der Waals surface area contributed by atoms with E-state index in [0.29, 0.717) is 10.0 Å². The van der Waals surface area contributed by atoms with Crippen LogP contribution >= 0.6 is 15.9 Å². The quantitative estimate of drug-likeness (QED) is 0.742. The van der Waals surface area contributed by atoms with Gasteiger partial charge in [-0.1, -0.05) is 0 Å². The Kier molecular flexibility index (Phi) is 2.22. The van der Waals surface area contributed by atoms with Crippen LogP contribution in [0.1, 0.15) is 11.4 Å². The van der Waals surface area contributed by atoms with Crippen molar-refractivity contribution in [2.24, 2.45) is 0 Å². The number of hydrogen-bond donors (Lipinski definition) is 0. The third-order valence-electron chi connectivity index (χ3n) is 1.91. The number of aromatic nitrogens is 3. The molecule has 0 unspecified atom stereocenters. The Morgan fingerprint density at radius 1 is 1.33 bits per heavy atom. The molecule has 2 aromatic rings. The molecule has 0 spiro atoms. The van der Waals surface area contributed by atoms with E-state index in [1.807, 2.05) is 0 Å². The SMILES string of the molecule is Cc1cc(Br)cn2c(C(F)(F)F)nnc12. The molecule has 0 fully saturated rings. The van der Waals surface area contributed by atoms with Crippen molar-refractivity contribution >= 4 is 21.6 Å². The Hall–Kier alpha value is -1.11. The van der Waals surface area contributed by atoms with Gasteiger partial charge in [0.2, 0.25) is 5.82 Å². The van der Waals surface area contributed by atoms with Gasteiger partial charge in [0.15, 0.2) is 5.65 Å². The first-order chi connectivity index (χ1) is 6.89. The zero-order chi connectivity index (χ0) is 11.2. The summed E-state index contributed by atoms with van der Waals surface area (Å²) in [5.41, 5.74) is 0.845. The molecular formula is C8H5BrF3N3. The third-order valence-corrected chi connectivity index (χ3v) is 2.34. The molecular weight excluding hydrogens is 275 g/mol. The maximum absolute atomic E-state index is 12.5. The van der Waals surface area contributed by atoms with Crippen LogP contribution in [0.25, 0.3) is 5.65 Å². The lowest BCUT2D eigenvalue weighted by Crippen LogP contribution is -2.10. The highest BCUT2D eigenvalue weighted by molar-refractivity contribution is 9.10. The number of nitrogens with zero attached hydrogens (tertiary/aromatic N) is 3. The van der Waals surface area contributed by atoms with Crippen LogP contribution in [-0.2, 0) is 6.18 Å². The molecule has 7 heteroatoms. The zero-order valence-electron chi connectivity index (χ0n) is 7.51. The molecule has 80 valence electrons. The molecule has 0 aromatic carbocycles. The van der Waals surface area contributed by atoms with Crippen molar-refractivity contribution in [2.75, 3.05) is 0 Å². The highest BCUT2D eigenvalue weighted by atomic mass is 79.9. The van der Waals surface area contributed by atoms with E-state index in [4.69, 9.17) is 0 Å². The van der Waals surface area contributed by atoms with Crippen LogP contribution < -0.4 is 0 Å². The van der Waals surface area contributed by atoms with Crippen molar-refractivity contribution in [2.45, 2.75) is 13.1 Å². The van der Waals surface area contributed by atoms with Crippen LogP contribution in [0, 0.1) is 6.92 Å². The molecule has 15 heavy (non-hydrogen) atoms. The molecule has 0 aliphatic rings. The third kappa shape index (κ3) is 1.71. The van der Waals surface area contributed by atoms with Gasteiger partial charge in [-0.2, -0.15) is 13.2 Å². The molecule has 0 atom stereocenters. The highest BCUT2D eigenvalue weighted by Gasteiger charge is 2.37. The lowest BCUT2D eigenvalue weighted by atomic mass is 10.3. The van der Waals surface area contributed by atoms with Crippen LogP contribution in [0.5, 0.6) is 0 Å². The Bertz CT molecular complexity index is 518. The molecule has 0 bridgehead atoms. The molecule has 0 radical (unpaired) electrons. The minimum absolute atomic E-state index is 0.213. The number of aryl methyl sites for hydroxylation is 1. The van der Waals surface area contributed by atoms with Gasteiger partial charge in [-0.25, -0.2) is 0 Å². The average molecular weight is 280 g/mol. The lowest BCUT2D eigenvalue weighted by molar-refractivity contribution is -0.145. The predicted molar refractivity (Wildman–Crippen MR) is 50.4 cm³/mol. The summed E-state index contributed by atoms with van der Waals surface area (Å²) < 4.78 is 38.9. The minimum Gasteiger partial charge on any atom is -0.277 e. The molecule has 0 amide bonds. The van der Waals surface area contributed by atoms with E-state index in [-0.39, 0.29) is 5.65 Å². The molecule has 2 aromatic heterocycles. The van der Waals surface area contributed by atoms with Gasteiger partial charge in [-0.3, -0.25) is 4.40 Å². The topological polar surface area (TPSA) is 30.2 Å². The summed E-state index contributed by atoms with van der Waals surface area (Å²) in [5.74, 6) is -1.01. The summed E-state index contributed by atoms with van der Waals surface area (Å²) in [6.07, 6.45) is -3.20. The van der Waals surface area contributed by atoms with E-state index < -0.39 is 12.0 Å². The van der Waals surface area contributed by atoms with Gasteiger partial charge in [0, 0.05) is 10.7 Å². The second-order valence-corrected chi connectivity index (χ2v) is 3.97. The van der Waals surface area contributed by atoms with Gasteiger partial charge in [0.05, 0.1) is 0 Å². The molecule has 0 saturated carbocycles. The van der Waals surface area contributed by atoms with E-state index in [0.717, 1.165) is 4.40 Å². The number of pyridine rings is 1. The number of fused-ring (bicyclic) bond motifs is 1. The first kappa shape index (κ1) is 10.4. The summed E-state index contributed by atoms with van der Waals surface area (Å²) in [6.45, 7) is 1.68. The molecule has 0 N–H and O–H groups in total. The molecule has 0 aliphatic carbocycles. The Morgan fingerprint density at radius 2 is 2.00 bits per heavy atom. The van der Waals surface area contributed by atoms with Crippen molar-refractivity contribution in [1.29, 1.82) is 0 Å². The zero-order valence-corrected chi connectivity index (χ0v) is 9.09. The lowest BCUT2D eigenvalue weighted by Gasteiger charge is -2.04. The molecule has 2 heterocycles. The summed E-state index contributed by atoms with van der Waals surface area (Å²) in [7, 11) is 0. The normalized spacial score (nSPS) is 12.3. The Balaban J connectivity index is 2.80. The van der Waals surface area contributed by atoms with Gasteiger partial charge in [-0.05, 0) is 34.5 Å². The van der Waals surface area contributed by atoms with Gasteiger partial charge < -0.3 is 0 Å². The first-order valence-electron chi connectivity index (χ1n) is 3.97. The van der Waals surface area contributed by atoms with Crippen molar-refractivity contribution < 1.29 is 13.2 Å². The fourth-order valence-electron chi connectivity index (χ4n) is 1.31. The van der Waals surface area contributed by atoms with Crippen molar-refractivity contribution in [3.8, 4) is 0 Å². The first-order valence-corrected chi connectivity index (χ1v) is 4.77. The second-order valence-electron chi connectivity index (χ2n) is 3.06. The fraction of sp³-hybridized carbons (Fsp3) is 0.250. The summed E-state index contributed by atoms with van der Waals surface area (Å²) >= 11 is 3.13. The molecule has 3 nitrogen and oxygen atoms in total. The second kappa shape index (κ2) is 3.19. The van der Waals surface area contributed by atoms with Crippen molar-refractivity contribution in [3.05, 3.63) is 28.1 Å². The van der Waals surface area contributed by atoms with Crippen LogP contribution in [0.3, 0.4) is 0 Å². The van der Waals surface area contributed by atoms with E-state index in [9.17, 15) is 13.2 Å². The number of alkyl halides is 3. The van der Waals surface area contributed by atoms with E-state index >= 15 is 0 Å². The average Bonchev–Trinajstić information content (AvgIpc) is 2.45. The van der Waals surface area contributed by atoms with Crippen molar-refractivity contribution in [1.82, 2.24) is 14.6 Å². The standard InChI is InChI=1S/C8H5BrF3N3/c1-4-2-5(9)3-15-6(4)13-14-7(15)8(10,11)12/h2-3H,1H3. The van der Waals surface area contributed by atoms with Crippen LogP contribution in [-0.4, -0.2) is 14.6 Å². The Morgan fingerprint density at radius 3 is 2.60 bits per heavy atom. The largest absolute Gasteiger partial charge is 0.452 e. The summed E-state index contributed by atoms with van der Waals surface area (Å²) in [5, 5.41) is 6.63. The predicted octanol–water partition coefficient (Wildman–Crippen LogP) is 2.82. The fourth-order valence-corrected chi connectivity index (χ4v) is 1.86. The minimum atomic E-state index is -4.49. The summed E-state index contributed by atoms with van der Waals surface area (Å²) in [4.78, 5) is 0. The van der Waals surface area contributed by atoms with E-state index in [1.54, 1.807) is 13.0 Å². The van der Waals surface area contributed by atoms with Gasteiger partial charge >= 0.3 is 6.18 Å². The van der Waals surface area contributed by atoms with E-state index in [2.05, 4.69) is 26.1 Å². The number of rotatable bonds is 0. The highest BCUT2D eigenvalue weighted by Crippen LogP contribution is 2.29. The number of halogens is 4. The molecule has 0 saturated heterocycles. The van der Waals surface area contributed by atoms with E-state index in [1.165, 1.54) is 6.20 Å². The molecule has 2 rings (SSSR count). The van der Waals surface area contributed by atoms with Gasteiger partial charge in [0.25, 0.3) is 0 Å². The number of hydrogen-bond acceptors (Lipinski definition) is 2. The van der Waals surface area contributed by atoms with Crippen molar-refractivity contribution in [3.63, 3.8) is 0 Å². The monoisotopic (exact) mass is 279 g/mol. The maximum Gasteiger partial charge on any atom is 0.452 e. The maximum atomic E-state index is 12.5. The summed E-state index contributed by atoms with van der Waals surface area (Å²) in [6, 6.07) is 1.68. The van der Waals surface area contributed by atoms with Gasteiger partial charge in [-0.15, -0.1) is 10.2 Å². The Labute approximate surface area is 91.1 Å². The van der Waals surface area contributed by atoms with Crippen LogP contribution in [0.4, 0.5) is 13.2 Å². The van der Waals surface area contributed by atoms with Crippen LogP contribution in [0.15, 0.2) is 16.7 Å².